The molecule has 0 radical (unpaired) electrons. The van der Waals surface area contributed by atoms with Gasteiger partial charge in [-0.05, 0) is 19.4 Å². The van der Waals surface area contributed by atoms with Crippen molar-refractivity contribution in [3.8, 4) is 22.6 Å². The minimum absolute atomic E-state index is 0.0757. The Bertz CT molecular complexity index is 1120. The van der Waals surface area contributed by atoms with E-state index < -0.39 is 0 Å². The van der Waals surface area contributed by atoms with Crippen molar-refractivity contribution < 1.29 is 4.79 Å². The van der Waals surface area contributed by atoms with Crippen LogP contribution >= 0.6 is 11.8 Å². The summed E-state index contributed by atoms with van der Waals surface area (Å²) >= 11 is 1.43. The zero-order valence-electron chi connectivity index (χ0n) is 16.3. The van der Waals surface area contributed by atoms with E-state index in [0.29, 0.717) is 23.7 Å². The predicted octanol–water partition coefficient (Wildman–Crippen LogP) is 4.64. The molecule has 146 valence electrons. The Morgan fingerprint density at radius 2 is 1.76 bits per heavy atom. The SMILES string of the molecule is CCn1nc(C)nc1-c1[nH]nc(SCC(=O)c2ccccc2)c1-c1ccccc1. The maximum atomic E-state index is 12.6. The number of carbonyl (C=O) groups excluding carboxylic acids is 1. The van der Waals surface area contributed by atoms with Gasteiger partial charge in [0.25, 0.3) is 0 Å². The second-order valence-corrected chi connectivity index (χ2v) is 7.49. The molecule has 2 aromatic carbocycles. The van der Waals surface area contributed by atoms with Crippen LogP contribution in [0.3, 0.4) is 0 Å². The van der Waals surface area contributed by atoms with E-state index in [-0.39, 0.29) is 5.78 Å². The standard InChI is InChI=1S/C22H21N5OS/c1-3-27-21(23-15(2)26-27)20-19(17-12-8-5-9-13-17)22(25-24-20)29-14-18(28)16-10-6-4-7-11-16/h4-13H,3,14H2,1-2H3,(H,24,25). The van der Waals surface area contributed by atoms with Crippen LogP contribution in [0.5, 0.6) is 0 Å². The molecule has 29 heavy (non-hydrogen) atoms. The lowest BCUT2D eigenvalue weighted by molar-refractivity contribution is 0.102. The average molecular weight is 404 g/mol. The third-order valence-corrected chi connectivity index (χ3v) is 5.51. The van der Waals surface area contributed by atoms with Gasteiger partial charge in [0.15, 0.2) is 11.6 Å². The Morgan fingerprint density at radius 1 is 1.07 bits per heavy atom. The van der Waals surface area contributed by atoms with Gasteiger partial charge in [-0.15, -0.1) is 0 Å². The van der Waals surface area contributed by atoms with Gasteiger partial charge in [0.1, 0.15) is 16.5 Å². The molecule has 0 fully saturated rings. The summed E-state index contributed by atoms with van der Waals surface area (Å²) in [4.78, 5) is 17.2. The van der Waals surface area contributed by atoms with E-state index in [9.17, 15) is 4.79 Å². The van der Waals surface area contributed by atoms with E-state index in [1.165, 1.54) is 11.8 Å². The van der Waals surface area contributed by atoms with E-state index in [4.69, 9.17) is 0 Å². The monoisotopic (exact) mass is 403 g/mol. The van der Waals surface area contributed by atoms with Crippen molar-refractivity contribution in [1.82, 2.24) is 25.0 Å². The van der Waals surface area contributed by atoms with Crippen molar-refractivity contribution in [3.05, 3.63) is 72.1 Å². The fourth-order valence-corrected chi connectivity index (χ4v) is 4.08. The number of rotatable bonds is 7. The minimum atomic E-state index is 0.0757. The third-order valence-electron chi connectivity index (χ3n) is 4.53. The summed E-state index contributed by atoms with van der Waals surface area (Å²) in [7, 11) is 0. The van der Waals surface area contributed by atoms with E-state index >= 15 is 0 Å². The zero-order chi connectivity index (χ0) is 20.2. The van der Waals surface area contributed by atoms with E-state index in [1.54, 1.807) is 0 Å². The normalized spacial score (nSPS) is 11.0. The van der Waals surface area contributed by atoms with Crippen LogP contribution in [-0.2, 0) is 6.54 Å². The van der Waals surface area contributed by atoms with Crippen LogP contribution in [0, 0.1) is 6.92 Å². The van der Waals surface area contributed by atoms with E-state index in [0.717, 1.165) is 27.7 Å². The van der Waals surface area contributed by atoms with Crippen molar-refractivity contribution in [1.29, 1.82) is 0 Å². The number of thioether (sulfide) groups is 1. The molecular weight excluding hydrogens is 382 g/mol. The van der Waals surface area contributed by atoms with Crippen molar-refractivity contribution in [2.45, 2.75) is 25.4 Å². The highest BCUT2D eigenvalue weighted by atomic mass is 32.2. The van der Waals surface area contributed by atoms with Gasteiger partial charge in [-0.3, -0.25) is 9.89 Å². The smallest absolute Gasteiger partial charge is 0.177 e. The predicted molar refractivity (Wildman–Crippen MR) is 115 cm³/mol. The molecule has 6 nitrogen and oxygen atoms in total. The Kier molecular flexibility index (Phi) is 5.57. The van der Waals surface area contributed by atoms with E-state index in [2.05, 4.69) is 20.3 Å². The van der Waals surface area contributed by atoms with Crippen LogP contribution in [0.25, 0.3) is 22.6 Å². The molecule has 0 saturated carbocycles. The molecule has 2 heterocycles. The van der Waals surface area contributed by atoms with Crippen LogP contribution in [0.15, 0.2) is 65.7 Å². The largest absolute Gasteiger partial charge is 0.293 e. The highest BCUT2D eigenvalue weighted by Gasteiger charge is 2.22. The number of aromatic amines is 1. The number of H-pyrrole nitrogens is 1. The number of Topliss-reactive ketones (excluding diaryl/α,β-unsaturated/α-hetero) is 1. The van der Waals surface area contributed by atoms with Gasteiger partial charge < -0.3 is 0 Å². The fourth-order valence-electron chi connectivity index (χ4n) is 3.17. The molecular formula is C22H21N5OS. The molecule has 1 N–H and O–H groups in total. The molecule has 0 atom stereocenters. The molecule has 0 unspecified atom stereocenters. The second kappa shape index (κ2) is 8.45. The summed E-state index contributed by atoms with van der Waals surface area (Å²) in [5, 5.41) is 12.9. The van der Waals surface area contributed by atoms with Crippen LogP contribution in [0.4, 0.5) is 0 Å². The number of aryl methyl sites for hydroxylation is 2. The summed E-state index contributed by atoms with van der Waals surface area (Å²) < 4.78 is 1.86. The highest BCUT2D eigenvalue weighted by Crippen LogP contribution is 2.37. The molecule has 0 spiro atoms. The number of nitrogens with zero attached hydrogens (tertiary/aromatic N) is 4. The topological polar surface area (TPSA) is 76.5 Å². The zero-order valence-corrected chi connectivity index (χ0v) is 17.1. The van der Waals surface area contributed by atoms with Crippen LogP contribution in [0.1, 0.15) is 23.1 Å². The van der Waals surface area contributed by atoms with Crippen LogP contribution < -0.4 is 0 Å². The number of aromatic nitrogens is 5. The maximum Gasteiger partial charge on any atom is 0.177 e. The molecule has 0 amide bonds. The van der Waals surface area contributed by atoms with Crippen molar-refractivity contribution in [2.75, 3.05) is 5.75 Å². The lowest BCUT2D eigenvalue weighted by atomic mass is 10.1. The number of hydrogen-bond donors (Lipinski definition) is 1. The Balaban J connectivity index is 1.71. The average Bonchev–Trinajstić information content (AvgIpc) is 3.36. The summed E-state index contributed by atoms with van der Waals surface area (Å²) in [6, 6.07) is 19.4. The first-order chi connectivity index (χ1) is 14.2. The van der Waals surface area contributed by atoms with Gasteiger partial charge in [0, 0.05) is 17.7 Å². The first-order valence-corrected chi connectivity index (χ1v) is 10.4. The molecule has 7 heteroatoms. The molecule has 4 aromatic rings. The molecule has 0 aliphatic carbocycles. The van der Waals surface area contributed by atoms with Crippen molar-refractivity contribution >= 4 is 17.5 Å². The fraction of sp³-hybridized carbons (Fsp3) is 0.182. The van der Waals surface area contributed by atoms with Gasteiger partial charge in [-0.25, -0.2) is 9.67 Å². The molecule has 0 bridgehead atoms. The Hall–Kier alpha value is -3.19. The van der Waals surface area contributed by atoms with Crippen molar-refractivity contribution in [2.24, 2.45) is 0 Å². The summed E-state index contributed by atoms with van der Waals surface area (Å²) in [5.74, 6) is 1.85. The maximum absolute atomic E-state index is 12.6. The number of nitrogens with one attached hydrogen (secondary N) is 1. The lowest BCUT2D eigenvalue weighted by Gasteiger charge is -2.07. The number of carbonyl (C=O) groups is 1. The lowest BCUT2D eigenvalue weighted by Crippen LogP contribution is -2.02. The highest BCUT2D eigenvalue weighted by molar-refractivity contribution is 8.00. The van der Waals surface area contributed by atoms with Crippen molar-refractivity contribution in [3.63, 3.8) is 0 Å². The van der Waals surface area contributed by atoms with E-state index in [1.807, 2.05) is 79.2 Å². The molecule has 2 aromatic heterocycles. The minimum Gasteiger partial charge on any atom is -0.293 e. The van der Waals surface area contributed by atoms with Gasteiger partial charge in [0.05, 0.1) is 5.75 Å². The summed E-state index contributed by atoms with van der Waals surface area (Å²) in [6.45, 7) is 4.62. The molecule has 4 rings (SSSR count). The summed E-state index contributed by atoms with van der Waals surface area (Å²) in [6.07, 6.45) is 0. The first kappa shape index (κ1) is 19.1. The quantitative estimate of drug-likeness (QED) is 0.359. The molecule has 0 aliphatic rings. The van der Waals surface area contributed by atoms with Gasteiger partial charge >= 0.3 is 0 Å². The first-order valence-electron chi connectivity index (χ1n) is 9.44. The van der Waals surface area contributed by atoms with Gasteiger partial charge in [0.2, 0.25) is 0 Å². The Morgan fingerprint density at radius 3 is 2.45 bits per heavy atom. The number of ketones is 1. The molecule has 0 saturated heterocycles. The van der Waals surface area contributed by atoms with Gasteiger partial charge in [-0.2, -0.15) is 10.2 Å². The summed E-state index contributed by atoms with van der Waals surface area (Å²) in [5.41, 5.74) is 3.49. The van der Waals surface area contributed by atoms with Gasteiger partial charge in [-0.1, -0.05) is 72.4 Å². The molecule has 0 aliphatic heterocycles. The Labute approximate surface area is 173 Å². The number of hydrogen-bond acceptors (Lipinski definition) is 5. The third kappa shape index (κ3) is 4.00. The van der Waals surface area contributed by atoms with Crippen LogP contribution in [-0.4, -0.2) is 36.5 Å². The van der Waals surface area contributed by atoms with Crippen LogP contribution in [0.2, 0.25) is 0 Å². The second-order valence-electron chi connectivity index (χ2n) is 6.52. The number of benzene rings is 2.